The quantitative estimate of drug-likeness (QED) is 0.362. The molecule has 0 unspecified atom stereocenters. The Labute approximate surface area is 162 Å². The lowest BCUT2D eigenvalue weighted by Gasteiger charge is -2.09. The molecule has 1 aliphatic rings. The highest BCUT2D eigenvalue weighted by Gasteiger charge is 2.38. The third-order valence-corrected chi connectivity index (χ3v) is 4.54. The maximum absolute atomic E-state index is 12.4. The Hall–Kier alpha value is -4.15. The fourth-order valence-corrected chi connectivity index (χ4v) is 3.47. The number of carbonyl (C=O) groups is 1. The number of methoxy groups -OCH3 is 1. The van der Waals surface area contributed by atoms with Crippen molar-refractivity contribution in [2.45, 2.75) is 13.8 Å². The van der Waals surface area contributed by atoms with Gasteiger partial charge in [-0.1, -0.05) is 5.57 Å². The van der Waals surface area contributed by atoms with Crippen molar-refractivity contribution < 1.29 is 24.3 Å². The number of hydrogen-bond donors (Lipinski definition) is 0. The third-order valence-electron chi connectivity index (χ3n) is 4.54. The van der Waals surface area contributed by atoms with Crippen molar-refractivity contribution in [3.05, 3.63) is 76.9 Å². The average Bonchev–Trinajstić information content (AvgIpc) is 2.99. The number of benzene rings is 2. The molecule has 0 heterocycles. The van der Waals surface area contributed by atoms with Crippen LogP contribution in [0.5, 0.6) is 0 Å². The Morgan fingerprint density at radius 1 is 0.828 bits per heavy atom. The summed E-state index contributed by atoms with van der Waals surface area (Å²) in [6.07, 6.45) is 0. The lowest BCUT2D eigenvalue weighted by molar-refractivity contribution is -0.393. The van der Waals surface area contributed by atoms with Crippen molar-refractivity contribution in [1.29, 1.82) is 0 Å². The Morgan fingerprint density at radius 2 is 1.34 bits per heavy atom. The van der Waals surface area contributed by atoms with Gasteiger partial charge in [-0.05, 0) is 25.0 Å². The molecule has 29 heavy (non-hydrogen) atoms. The third kappa shape index (κ3) is 2.98. The lowest BCUT2D eigenvalue weighted by atomic mass is 9.96. The number of nitro groups is 3. The van der Waals surface area contributed by atoms with Crippen LogP contribution in [0.2, 0.25) is 0 Å². The van der Waals surface area contributed by atoms with Gasteiger partial charge in [-0.3, -0.25) is 30.3 Å². The first-order valence-corrected chi connectivity index (χ1v) is 8.14. The van der Waals surface area contributed by atoms with Crippen LogP contribution < -0.4 is 0 Å². The largest absolute Gasteiger partial charge is 0.465 e. The average molecular weight is 399 g/mol. The van der Waals surface area contributed by atoms with E-state index in [0.29, 0.717) is 11.1 Å². The van der Waals surface area contributed by atoms with Gasteiger partial charge in [0, 0.05) is 29.3 Å². The van der Waals surface area contributed by atoms with Gasteiger partial charge >= 0.3 is 5.97 Å². The minimum Gasteiger partial charge on any atom is -0.465 e. The lowest BCUT2D eigenvalue weighted by Crippen LogP contribution is -2.06. The number of hydrogen-bond acceptors (Lipinski definition) is 8. The molecular formula is C18H13N3O8. The first-order valence-electron chi connectivity index (χ1n) is 8.14. The normalized spacial score (nSPS) is 11.5. The highest BCUT2D eigenvalue weighted by atomic mass is 16.6. The van der Waals surface area contributed by atoms with Gasteiger partial charge in [0.05, 0.1) is 39.1 Å². The summed E-state index contributed by atoms with van der Waals surface area (Å²) < 4.78 is 4.71. The molecule has 0 bridgehead atoms. The fraction of sp³-hybridized carbons (Fsp3) is 0.167. The number of nitrogens with zero attached hydrogens (tertiary/aromatic N) is 3. The number of allylic oxidation sites excluding steroid dienone is 1. The molecule has 2 aromatic rings. The van der Waals surface area contributed by atoms with Crippen LogP contribution in [0.4, 0.5) is 17.1 Å². The number of non-ortho nitro benzene ring substituents is 2. The molecule has 0 N–H and O–H groups in total. The molecule has 0 radical (unpaired) electrons. The van der Waals surface area contributed by atoms with Crippen LogP contribution in [0.25, 0.3) is 16.7 Å². The van der Waals surface area contributed by atoms with Gasteiger partial charge < -0.3 is 4.74 Å². The van der Waals surface area contributed by atoms with E-state index >= 15 is 0 Å². The zero-order valence-corrected chi connectivity index (χ0v) is 15.4. The van der Waals surface area contributed by atoms with E-state index in [-0.39, 0.29) is 27.8 Å². The van der Waals surface area contributed by atoms with Crippen LogP contribution in [-0.2, 0) is 4.74 Å². The molecule has 148 valence electrons. The first kappa shape index (κ1) is 19.6. The van der Waals surface area contributed by atoms with Gasteiger partial charge in [0.1, 0.15) is 0 Å². The van der Waals surface area contributed by atoms with Gasteiger partial charge in [-0.25, -0.2) is 4.79 Å². The monoisotopic (exact) mass is 399 g/mol. The predicted molar refractivity (Wildman–Crippen MR) is 101 cm³/mol. The van der Waals surface area contributed by atoms with Crippen LogP contribution >= 0.6 is 0 Å². The van der Waals surface area contributed by atoms with Crippen LogP contribution in [0.3, 0.4) is 0 Å². The number of ether oxygens (including phenoxy) is 1. The second-order valence-electron chi connectivity index (χ2n) is 6.44. The van der Waals surface area contributed by atoms with Crippen LogP contribution in [0.15, 0.2) is 29.8 Å². The Morgan fingerprint density at radius 3 is 1.79 bits per heavy atom. The van der Waals surface area contributed by atoms with E-state index in [2.05, 4.69) is 0 Å². The maximum Gasteiger partial charge on any atom is 0.338 e. The molecule has 2 aromatic carbocycles. The van der Waals surface area contributed by atoms with E-state index in [4.69, 9.17) is 4.74 Å². The van der Waals surface area contributed by atoms with E-state index in [0.717, 1.165) is 25.3 Å². The minimum absolute atomic E-state index is 0.0119. The molecule has 3 rings (SSSR count). The number of carbonyl (C=O) groups excluding carboxylic acids is 1. The van der Waals surface area contributed by atoms with Crippen molar-refractivity contribution in [2.24, 2.45) is 0 Å². The SMILES string of the molecule is COC(=O)c1cc([N+](=O)[O-])cc2c1-c1c(cc([N+](=O)[O-])cc1[N+](=O)[O-])C2=C(C)C. The molecule has 0 aromatic heterocycles. The topological polar surface area (TPSA) is 156 Å². The predicted octanol–water partition coefficient (Wildman–Crippen LogP) is 4.02. The van der Waals surface area contributed by atoms with Crippen LogP contribution in [0, 0.1) is 30.3 Å². The smallest absolute Gasteiger partial charge is 0.338 e. The zero-order chi connectivity index (χ0) is 21.6. The summed E-state index contributed by atoms with van der Waals surface area (Å²) in [4.78, 5) is 44.5. The maximum atomic E-state index is 12.4. The molecule has 0 fully saturated rings. The van der Waals surface area contributed by atoms with Gasteiger partial charge in [0.2, 0.25) is 0 Å². The molecule has 1 aliphatic carbocycles. The minimum atomic E-state index is -0.918. The number of nitro benzene ring substituents is 3. The Kier molecular flexibility index (Phi) is 4.59. The van der Waals surface area contributed by atoms with Crippen molar-refractivity contribution >= 4 is 28.6 Å². The summed E-state index contributed by atoms with van der Waals surface area (Å²) in [5.74, 6) is -0.918. The van der Waals surface area contributed by atoms with Crippen LogP contribution in [0.1, 0.15) is 35.3 Å². The van der Waals surface area contributed by atoms with Crippen molar-refractivity contribution in [3.63, 3.8) is 0 Å². The van der Waals surface area contributed by atoms with Crippen molar-refractivity contribution in [1.82, 2.24) is 0 Å². The van der Waals surface area contributed by atoms with E-state index in [9.17, 15) is 35.1 Å². The molecule has 0 aliphatic heterocycles. The molecule has 0 saturated heterocycles. The van der Waals surface area contributed by atoms with Gasteiger partial charge in [-0.15, -0.1) is 0 Å². The van der Waals surface area contributed by atoms with E-state index < -0.39 is 37.8 Å². The highest BCUT2D eigenvalue weighted by Crippen LogP contribution is 2.53. The van der Waals surface area contributed by atoms with Gasteiger partial charge in [0.25, 0.3) is 17.1 Å². The highest BCUT2D eigenvalue weighted by molar-refractivity contribution is 6.12. The standard InChI is InChI=1S/C18H13N3O8/c1-8(2)15-11-4-9(19(23)24)6-13(18(22)29-3)16(11)17-12(15)5-10(20(25)26)7-14(17)21(27)28/h4-7H,1-3H3. The second-order valence-corrected chi connectivity index (χ2v) is 6.44. The number of fused-ring (bicyclic) bond motifs is 3. The number of rotatable bonds is 4. The second kappa shape index (κ2) is 6.78. The van der Waals surface area contributed by atoms with E-state index in [1.165, 1.54) is 6.07 Å². The Balaban J connectivity index is 2.58. The molecule has 11 heteroatoms. The van der Waals surface area contributed by atoms with Gasteiger partial charge in [0.15, 0.2) is 0 Å². The van der Waals surface area contributed by atoms with Crippen molar-refractivity contribution in [2.75, 3.05) is 7.11 Å². The molecule has 0 spiro atoms. The zero-order valence-electron chi connectivity index (χ0n) is 15.4. The van der Waals surface area contributed by atoms with Crippen molar-refractivity contribution in [3.8, 4) is 11.1 Å². The summed E-state index contributed by atoms with van der Waals surface area (Å²) >= 11 is 0. The number of esters is 1. The van der Waals surface area contributed by atoms with Gasteiger partial charge in [-0.2, -0.15) is 0 Å². The molecular weight excluding hydrogens is 386 g/mol. The molecule has 0 atom stereocenters. The van der Waals surface area contributed by atoms with Crippen LogP contribution in [-0.4, -0.2) is 27.8 Å². The summed E-state index contributed by atoms with van der Waals surface area (Å²) in [5.41, 5.74) is -0.324. The fourth-order valence-electron chi connectivity index (χ4n) is 3.47. The molecule has 11 nitrogen and oxygen atoms in total. The molecule has 0 amide bonds. The Bertz CT molecular complexity index is 1160. The first-order chi connectivity index (χ1) is 13.6. The summed E-state index contributed by atoms with van der Waals surface area (Å²) in [6, 6.07) is 4.14. The van der Waals surface area contributed by atoms with E-state index in [1.54, 1.807) is 13.8 Å². The summed E-state index contributed by atoms with van der Waals surface area (Å²) in [5, 5.41) is 34.4. The summed E-state index contributed by atoms with van der Waals surface area (Å²) in [6.45, 7) is 3.32. The summed E-state index contributed by atoms with van der Waals surface area (Å²) in [7, 11) is 1.08. The van der Waals surface area contributed by atoms with E-state index in [1.807, 2.05) is 0 Å². The molecule has 0 saturated carbocycles.